The van der Waals surface area contributed by atoms with Crippen LogP contribution in [0.15, 0.2) is 46.0 Å². The fourth-order valence-corrected chi connectivity index (χ4v) is 1.92. The third-order valence-electron chi connectivity index (χ3n) is 1.63. The summed E-state index contributed by atoms with van der Waals surface area (Å²) in [5.41, 5.74) is 0. The molecule has 0 aromatic carbocycles. The maximum absolute atomic E-state index is 5.65. The van der Waals surface area contributed by atoms with Crippen molar-refractivity contribution >= 4 is 23.4 Å². The molecule has 2 rings (SSSR count). The van der Waals surface area contributed by atoms with Crippen molar-refractivity contribution in [1.82, 2.24) is 4.98 Å². The normalized spacial score (nSPS) is 10.4. The van der Waals surface area contributed by atoms with Crippen LogP contribution in [0.4, 0.5) is 0 Å². The molecule has 14 heavy (non-hydrogen) atoms. The van der Waals surface area contributed by atoms with Gasteiger partial charge in [0.1, 0.15) is 5.76 Å². The number of hydrogen-bond acceptors (Lipinski definition) is 3. The van der Waals surface area contributed by atoms with Crippen molar-refractivity contribution in [3.63, 3.8) is 0 Å². The number of hydrogen-bond donors (Lipinski definition) is 0. The third kappa shape index (κ3) is 2.53. The Kier molecular flexibility index (Phi) is 3.11. The topological polar surface area (TPSA) is 26.0 Å². The van der Waals surface area contributed by atoms with Crippen LogP contribution in [0.3, 0.4) is 0 Å². The van der Waals surface area contributed by atoms with Crippen LogP contribution in [0.5, 0.6) is 0 Å². The van der Waals surface area contributed by atoms with Gasteiger partial charge in [-0.05, 0) is 35.9 Å². The summed E-state index contributed by atoms with van der Waals surface area (Å²) in [6.45, 7) is 0. The average molecular weight is 226 g/mol. The molecule has 2 nitrogen and oxygen atoms in total. The van der Waals surface area contributed by atoms with Gasteiger partial charge in [-0.25, -0.2) is 4.98 Å². The third-order valence-corrected chi connectivity index (χ3v) is 2.80. The van der Waals surface area contributed by atoms with Crippen molar-refractivity contribution < 1.29 is 4.42 Å². The fraction of sp³-hybridized carbons (Fsp3) is 0.100. The lowest BCUT2D eigenvalue weighted by atomic mass is 10.5. The van der Waals surface area contributed by atoms with Gasteiger partial charge < -0.3 is 4.42 Å². The Bertz CT molecular complexity index is 402. The van der Waals surface area contributed by atoms with Crippen molar-refractivity contribution in [2.45, 2.75) is 10.8 Å². The van der Waals surface area contributed by atoms with Crippen LogP contribution >= 0.6 is 23.4 Å². The number of thioether (sulfide) groups is 1. The van der Waals surface area contributed by atoms with Gasteiger partial charge in [-0.3, -0.25) is 0 Å². The Morgan fingerprint density at radius 2 is 2.21 bits per heavy atom. The van der Waals surface area contributed by atoms with Gasteiger partial charge in [0, 0.05) is 6.20 Å². The molecule has 4 heteroatoms. The van der Waals surface area contributed by atoms with E-state index in [-0.39, 0.29) is 0 Å². The number of nitrogens with zero attached hydrogens (tertiary/aromatic N) is 1. The Balaban J connectivity index is 1.95. The van der Waals surface area contributed by atoms with Crippen molar-refractivity contribution in [3.8, 4) is 0 Å². The zero-order chi connectivity index (χ0) is 9.80. The van der Waals surface area contributed by atoms with Gasteiger partial charge in [-0.1, -0.05) is 17.8 Å². The molecule has 0 spiro atoms. The van der Waals surface area contributed by atoms with E-state index in [1.807, 2.05) is 24.3 Å². The Morgan fingerprint density at radius 3 is 2.86 bits per heavy atom. The standard InChI is InChI=1S/C10H8ClNOS/c11-9-5-4-8(13-9)7-14-10-3-1-2-6-12-10/h1-6H,7H2. The van der Waals surface area contributed by atoms with Gasteiger partial charge in [0.25, 0.3) is 0 Å². The van der Waals surface area contributed by atoms with E-state index in [1.54, 1.807) is 24.0 Å². The van der Waals surface area contributed by atoms with E-state index >= 15 is 0 Å². The molecule has 0 bridgehead atoms. The summed E-state index contributed by atoms with van der Waals surface area (Å²) in [5.74, 6) is 1.62. The molecule has 0 saturated heterocycles. The molecular formula is C10H8ClNOS. The highest BCUT2D eigenvalue weighted by atomic mass is 35.5. The lowest BCUT2D eigenvalue weighted by molar-refractivity contribution is 0.532. The molecule has 0 radical (unpaired) electrons. The maximum atomic E-state index is 5.65. The molecule has 0 N–H and O–H groups in total. The smallest absolute Gasteiger partial charge is 0.193 e. The molecule has 0 atom stereocenters. The van der Waals surface area contributed by atoms with E-state index in [4.69, 9.17) is 16.0 Å². The van der Waals surface area contributed by atoms with Gasteiger partial charge in [-0.15, -0.1) is 0 Å². The minimum atomic E-state index is 0.432. The Hall–Kier alpha value is -0.930. The first kappa shape index (κ1) is 9.62. The van der Waals surface area contributed by atoms with Gasteiger partial charge in [0.2, 0.25) is 0 Å². The minimum absolute atomic E-state index is 0.432. The minimum Gasteiger partial charge on any atom is -0.449 e. The van der Waals surface area contributed by atoms with Crippen LogP contribution in [0.25, 0.3) is 0 Å². The quantitative estimate of drug-likeness (QED) is 0.747. The number of pyridine rings is 1. The first-order valence-corrected chi connectivity index (χ1v) is 5.49. The molecular weight excluding hydrogens is 218 g/mol. The summed E-state index contributed by atoms with van der Waals surface area (Å²) < 4.78 is 5.22. The summed E-state index contributed by atoms with van der Waals surface area (Å²) in [6, 6.07) is 9.45. The van der Waals surface area contributed by atoms with E-state index in [0.717, 1.165) is 16.5 Å². The van der Waals surface area contributed by atoms with Crippen LogP contribution in [0.1, 0.15) is 5.76 Å². The largest absolute Gasteiger partial charge is 0.449 e. The molecule has 2 aromatic rings. The summed E-state index contributed by atoms with van der Waals surface area (Å²) >= 11 is 7.27. The number of halogens is 1. The van der Waals surface area contributed by atoms with Crippen LogP contribution in [-0.4, -0.2) is 4.98 Å². The second kappa shape index (κ2) is 4.53. The summed E-state index contributed by atoms with van der Waals surface area (Å²) in [4.78, 5) is 4.19. The van der Waals surface area contributed by atoms with E-state index in [9.17, 15) is 0 Å². The zero-order valence-electron chi connectivity index (χ0n) is 7.31. The molecule has 0 unspecified atom stereocenters. The van der Waals surface area contributed by atoms with Crippen molar-refractivity contribution in [1.29, 1.82) is 0 Å². The average Bonchev–Trinajstić information content (AvgIpc) is 2.63. The SMILES string of the molecule is Clc1ccc(CSc2ccccn2)o1. The van der Waals surface area contributed by atoms with Gasteiger partial charge in [-0.2, -0.15) is 0 Å². The highest BCUT2D eigenvalue weighted by molar-refractivity contribution is 7.98. The van der Waals surface area contributed by atoms with Crippen molar-refractivity contribution in [2.24, 2.45) is 0 Å². The summed E-state index contributed by atoms with van der Waals surface area (Å²) in [5, 5.41) is 1.42. The monoisotopic (exact) mass is 225 g/mol. The lowest BCUT2D eigenvalue weighted by Gasteiger charge is -1.96. The van der Waals surface area contributed by atoms with E-state index in [1.165, 1.54) is 0 Å². The van der Waals surface area contributed by atoms with Gasteiger partial charge >= 0.3 is 0 Å². The van der Waals surface area contributed by atoms with Crippen molar-refractivity contribution in [2.75, 3.05) is 0 Å². The highest BCUT2D eigenvalue weighted by Gasteiger charge is 2.01. The number of aromatic nitrogens is 1. The first-order chi connectivity index (χ1) is 6.84. The molecule has 0 fully saturated rings. The van der Waals surface area contributed by atoms with E-state index < -0.39 is 0 Å². The van der Waals surface area contributed by atoms with Crippen LogP contribution in [0.2, 0.25) is 5.22 Å². The molecule has 72 valence electrons. The van der Waals surface area contributed by atoms with Crippen LogP contribution in [-0.2, 0) is 5.75 Å². The van der Waals surface area contributed by atoms with Gasteiger partial charge in [0.05, 0.1) is 10.8 Å². The highest BCUT2D eigenvalue weighted by Crippen LogP contribution is 2.22. The predicted octanol–water partition coefficient (Wildman–Crippen LogP) is 3.62. The van der Waals surface area contributed by atoms with Crippen molar-refractivity contribution in [3.05, 3.63) is 47.5 Å². The molecule has 0 aliphatic heterocycles. The fourth-order valence-electron chi connectivity index (χ4n) is 1.01. The van der Waals surface area contributed by atoms with Crippen LogP contribution in [0, 0.1) is 0 Å². The Morgan fingerprint density at radius 1 is 1.29 bits per heavy atom. The Labute approximate surface area is 91.3 Å². The molecule has 0 saturated carbocycles. The molecule has 2 aromatic heterocycles. The second-order valence-electron chi connectivity index (χ2n) is 2.66. The summed E-state index contributed by atoms with van der Waals surface area (Å²) in [7, 11) is 0. The molecule has 0 aliphatic carbocycles. The summed E-state index contributed by atoms with van der Waals surface area (Å²) in [6.07, 6.45) is 1.78. The van der Waals surface area contributed by atoms with E-state index in [0.29, 0.717) is 5.22 Å². The maximum Gasteiger partial charge on any atom is 0.193 e. The van der Waals surface area contributed by atoms with E-state index in [2.05, 4.69) is 4.98 Å². The van der Waals surface area contributed by atoms with Crippen LogP contribution < -0.4 is 0 Å². The second-order valence-corrected chi connectivity index (χ2v) is 4.03. The molecule has 0 aliphatic rings. The lowest BCUT2D eigenvalue weighted by Crippen LogP contribution is -1.78. The molecule has 2 heterocycles. The number of rotatable bonds is 3. The molecule has 0 amide bonds. The number of furan rings is 1. The predicted molar refractivity (Wildman–Crippen MR) is 57.5 cm³/mol. The van der Waals surface area contributed by atoms with Gasteiger partial charge in [0.15, 0.2) is 5.22 Å². The zero-order valence-corrected chi connectivity index (χ0v) is 8.89. The first-order valence-electron chi connectivity index (χ1n) is 4.12.